The molecule has 4 nitrogen and oxygen atoms in total. The van der Waals surface area contributed by atoms with Gasteiger partial charge in [-0.15, -0.1) is 11.3 Å². The van der Waals surface area contributed by atoms with Gasteiger partial charge in [0.25, 0.3) is 0 Å². The van der Waals surface area contributed by atoms with Crippen molar-refractivity contribution in [1.29, 1.82) is 0 Å². The molecule has 0 unspecified atom stereocenters. The molecule has 0 aliphatic heterocycles. The Morgan fingerprint density at radius 2 is 2.05 bits per heavy atom. The van der Waals surface area contributed by atoms with Gasteiger partial charge in [-0.25, -0.2) is 4.98 Å². The van der Waals surface area contributed by atoms with E-state index in [9.17, 15) is 0 Å². The summed E-state index contributed by atoms with van der Waals surface area (Å²) in [5.74, 6) is 1.72. The molecule has 5 heteroatoms. The van der Waals surface area contributed by atoms with Crippen LogP contribution in [0, 0.1) is 12.8 Å². The number of hydrogen-bond acceptors (Lipinski definition) is 3. The van der Waals surface area contributed by atoms with Crippen molar-refractivity contribution in [1.82, 2.24) is 15.6 Å². The number of aromatic nitrogens is 1. The van der Waals surface area contributed by atoms with E-state index < -0.39 is 0 Å². The van der Waals surface area contributed by atoms with Crippen LogP contribution in [0.25, 0.3) is 10.6 Å². The van der Waals surface area contributed by atoms with Gasteiger partial charge in [-0.2, -0.15) is 0 Å². The molecular formula is C17H22N4S. The van der Waals surface area contributed by atoms with Gasteiger partial charge in [0.1, 0.15) is 5.01 Å². The zero-order valence-corrected chi connectivity index (χ0v) is 13.9. The fraction of sp³-hybridized carbons (Fsp3) is 0.412. The Balaban J connectivity index is 1.61. The number of nitrogens with zero attached hydrogens (tertiary/aromatic N) is 2. The predicted octanol–water partition coefficient (Wildman–Crippen LogP) is 3.19. The molecule has 1 heterocycles. The third-order valence-corrected chi connectivity index (χ3v) is 5.01. The Morgan fingerprint density at radius 3 is 2.73 bits per heavy atom. The lowest BCUT2D eigenvalue weighted by Crippen LogP contribution is -2.37. The van der Waals surface area contributed by atoms with Gasteiger partial charge in [0.05, 0.1) is 12.2 Å². The lowest BCUT2D eigenvalue weighted by atomic mass is 10.2. The second kappa shape index (κ2) is 6.92. The lowest BCUT2D eigenvalue weighted by Gasteiger charge is -2.10. The molecule has 0 amide bonds. The monoisotopic (exact) mass is 314 g/mol. The maximum absolute atomic E-state index is 4.69. The highest BCUT2D eigenvalue weighted by molar-refractivity contribution is 7.15. The summed E-state index contributed by atoms with van der Waals surface area (Å²) in [5, 5.41) is 7.85. The van der Waals surface area contributed by atoms with Crippen LogP contribution in [0.3, 0.4) is 0 Å². The summed E-state index contributed by atoms with van der Waals surface area (Å²) in [4.78, 5) is 10.2. The third-order valence-electron chi connectivity index (χ3n) is 3.81. The zero-order valence-electron chi connectivity index (χ0n) is 13.1. The summed E-state index contributed by atoms with van der Waals surface area (Å²) in [6.07, 6.45) is 2.69. The Morgan fingerprint density at radius 1 is 1.27 bits per heavy atom. The molecule has 1 aliphatic rings. The van der Waals surface area contributed by atoms with Gasteiger partial charge in [0.2, 0.25) is 0 Å². The highest BCUT2D eigenvalue weighted by Gasteiger charge is 2.21. The zero-order chi connectivity index (χ0) is 15.4. The number of guanidine groups is 1. The fourth-order valence-corrected chi connectivity index (χ4v) is 3.25. The molecular weight excluding hydrogens is 292 g/mol. The second-order valence-electron chi connectivity index (χ2n) is 5.64. The number of aryl methyl sites for hydroxylation is 1. The minimum Gasteiger partial charge on any atom is -0.356 e. The molecule has 0 saturated heterocycles. The van der Waals surface area contributed by atoms with Crippen molar-refractivity contribution < 1.29 is 0 Å². The summed E-state index contributed by atoms with van der Waals surface area (Å²) in [6.45, 7) is 3.86. The third kappa shape index (κ3) is 3.85. The van der Waals surface area contributed by atoms with Crippen molar-refractivity contribution in [3.05, 3.63) is 40.9 Å². The van der Waals surface area contributed by atoms with E-state index in [4.69, 9.17) is 0 Å². The van der Waals surface area contributed by atoms with Gasteiger partial charge >= 0.3 is 0 Å². The summed E-state index contributed by atoms with van der Waals surface area (Å²) in [7, 11) is 1.82. The number of nitrogens with one attached hydrogen (secondary N) is 2. The van der Waals surface area contributed by atoms with Crippen molar-refractivity contribution in [2.45, 2.75) is 26.3 Å². The van der Waals surface area contributed by atoms with Gasteiger partial charge in [-0.3, -0.25) is 4.99 Å². The van der Waals surface area contributed by atoms with Crippen molar-refractivity contribution in [3.8, 4) is 10.6 Å². The quantitative estimate of drug-likeness (QED) is 0.658. The number of hydrogen-bond donors (Lipinski definition) is 2. The Hall–Kier alpha value is -1.88. The molecule has 116 valence electrons. The summed E-state index contributed by atoms with van der Waals surface area (Å²) in [6, 6.07) is 10.3. The van der Waals surface area contributed by atoms with Gasteiger partial charge in [-0.05, 0) is 25.7 Å². The van der Waals surface area contributed by atoms with Gasteiger partial charge in [0.15, 0.2) is 5.96 Å². The van der Waals surface area contributed by atoms with Gasteiger partial charge in [0, 0.05) is 24.0 Å². The molecule has 1 saturated carbocycles. The normalized spacial score (nSPS) is 14.9. The van der Waals surface area contributed by atoms with Crippen molar-refractivity contribution >= 4 is 17.3 Å². The maximum Gasteiger partial charge on any atom is 0.191 e. The Bertz CT molecular complexity index is 644. The van der Waals surface area contributed by atoms with Crippen LogP contribution in [0.5, 0.6) is 0 Å². The van der Waals surface area contributed by atoms with Crippen LogP contribution in [-0.2, 0) is 6.54 Å². The number of rotatable bonds is 5. The number of thiazole rings is 1. The molecule has 22 heavy (non-hydrogen) atoms. The fourth-order valence-electron chi connectivity index (χ4n) is 2.24. The molecule has 3 rings (SSSR count). The summed E-state index contributed by atoms with van der Waals surface area (Å²) < 4.78 is 0. The molecule has 0 spiro atoms. The standard InChI is InChI=1S/C17H22N4S/c1-12-15(11-20-17(18-2)19-10-13-8-9-13)22-16(21-12)14-6-4-3-5-7-14/h3-7,13H,8-11H2,1-2H3,(H2,18,19,20). The van der Waals surface area contributed by atoms with E-state index in [0.717, 1.165) is 35.7 Å². The first-order valence-electron chi connectivity index (χ1n) is 7.72. The molecule has 2 aromatic rings. The molecule has 1 aliphatic carbocycles. The highest BCUT2D eigenvalue weighted by atomic mass is 32.1. The van der Waals surface area contributed by atoms with Crippen LogP contribution < -0.4 is 10.6 Å². The Labute approximate surface area is 135 Å². The molecule has 1 fully saturated rings. The van der Waals surface area contributed by atoms with Crippen LogP contribution in [0.4, 0.5) is 0 Å². The van der Waals surface area contributed by atoms with Crippen molar-refractivity contribution in [2.24, 2.45) is 10.9 Å². The highest BCUT2D eigenvalue weighted by Crippen LogP contribution is 2.28. The van der Waals surface area contributed by atoms with E-state index in [1.807, 2.05) is 25.2 Å². The van der Waals surface area contributed by atoms with Crippen molar-refractivity contribution in [3.63, 3.8) is 0 Å². The minimum absolute atomic E-state index is 0.765. The minimum atomic E-state index is 0.765. The van der Waals surface area contributed by atoms with E-state index in [-0.39, 0.29) is 0 Å². The molecule has 1 aromatic carbocycles. The van der Waals surface area contributed by atoms with Gasteiger partial charge in [-0.1, -0.05) is 30.3 Å². The number of aliphatic imine (C=N–C) groups is 1. The van der Waals surface area contributed by atoms with E-state index in [1.54, 1.807) is 11.3 Å². The van der Waals surface area contributed by atoms with Crippen LogP contribution in [0.2, 0.25) is 0 Å². The van der Waals surface area contributed by atoms with Crippen molar-refractivity contribution in [2.75, 3.05) is 13.6 Å². The molecule has 2 N–H and O–H groups in total. The van der Waals surface area contributed by atoms with Crippen LogP contribution in [-0.4, -0.2) is 24.5 Å². The first-order chi connectivity index (χ1) is 10.8. The average molecular weight is 314 g/mol. The van der Waals surface area contributed by atoms with E-state index in [2.05, 4.69) is 39.7 Å². The summed E-state index contributed by atoms with van der Waals surface area (Å²) >= 11 is 1.75. The second-order valence-corrected chi connectivity index (χ2v) is 6.73. The SMILES string of the molecule is CN=C(NCc1sc(-c2ccccc2)nc1C)NCC1CC1. The van der Waals surface area contributed by atoms with E-state index >= 15 is 0 Å². The predicted molar refractivity (Wildman–Crippen MR) is 93.2 cm³/mol. The average Bonchev–Trinajstić information content (AvgIpc) is 3.31. The smallest absolute Gasteiger partial charge is 0.191 e. The molecule has 0 bridgehead atoms. The Kier molecular flexibility index (Phi) is 4.73. The van der Waals surface area contributed by atoms with Crippen LogP contribution in [0.1, 0.15) is 23.4 Å². The van der Waals surface area contributed by atoms with Gasteiger partial charge < -0.3 is 10.6 Å². The van der Waals surface area contributed by atoms with Crippen LogP contribution >= 0.6 is 11.3 Å². The molecule has 0 atom stereocenters. The largest absolute Gasteiger partial charge is 0.356 e. The maximum atomic E-state index is 4.69. The first kappa shape index (κ1) is 15.0. The van der Waals surface area contributed by atoms with Crippen LogP contribution in [0.15, 0.2) is 35.3 Å². The van der Waals surface area contributed by atoms with E-state index in [1.165, 1.54) is 23.3 Å². The van der Waals surface area contributed by atoms with E-state index in [0.29, 0.717) is 0 Å². The topological polar surface area (TPSA) is 49.3 Å². The molecule has 1 aromatic heterocycles. The molecule has 0 radical (unpaired) electrons. The summed E-state index contributed by atoms with van der Waals surface area (Å²) in [5.41, 5.74) is 2.27. The number of benzene rings is 1. The first-order valence-corrected chi connectivity index (χ1v) is 8.54. The lowest BCUT2D eigenvalue weighted by molar-refractivity contribution is 0.738.